The highest BCUT2D eigenvalue weighted by molar-refractivity contribution is 9.10. The first-order valence-corrected chi connectivity index (χ1v) is 6.95. The van der Waals surface area contributed by atoms with Gasteiger partial charge in [0.05, 0.1) is 11.4 Å². The molecule has 0 spiro atoms. The molecule has 0 fully saturated rings. The van der Waals surface area contributed by atoms with E-state index < -0.39 is 0 Å². The van der Waals surface area contributed by atoms with Crippen LogP contribution in [0.2, 0.25) is 0 Å². The number of hydrogen-bond donors (Lipinski definition) is 0. The minimum atomic E-state index is -0.314. The third-order valence-electron chi connectivity index (χ3n) is 3.38. The van der Waals surface area contributed by atoms with Crippen molar-refractivity contribution in [1.29, 1.82) is 0 Å². The maximum atomic E-state index is 13.4. The van der Waals surface area contributed by atoms with Crippen LogP contribution in [0.4, 0.5) is 21.5 Å². The second kappa shape index (κ2) is 4.90. The highest BCUT2D eigenvalue weighted by atomic mass is 79.9. The molecule has 1 aliphatic heterocycles. The molecule has 0 atom stereocenters. The average molecular weight is 335 g/mol. The van der Waals surface area contributed by atoms with Crippen LogP contribution in [0.1, 0.15) is 0 Å². The van der Waals surface area contributed by atoms with Gasteiger partial charge in [0.15, 0.2) is 0 Å². The summed E-state index contributed by atoms with van der Waals surface area (Å²) in [5.41, 5.74) is 2.37. The van der Waals surface area contributed by atoms with Crippen LogP contribution in [0.3, 0.4) is 0 Å². The Morgan fingerprint density at radius 3 is 2.70 bits per heavy atom. The number of benzene rings is 2. The molecule has 0 bridgehead atoms. The lowest BCUT2D eigenvalue weighted by Crippen LogP contribution is -2.41. The molecule has 0 radical (unpaired) electrons. The van der Waals surface area contributed by atoms with Crippen LogP contribution in [0.5, 0.6) is 0 Å². The quantitative estimate of drug-likeness (QED) is 0.793. The van der Waals surface area contributed by atoms with Gasteiger partial charge in [-0.15, -0.1) is 0 Å². The Labute approximate surface area is 124 Å². The SMILES string of the molecule is CN1C(=O)CN(c2cccc(F)c2)c2cc(Br)ccc21. The predicted molar refractivity (Wildman–Crippen MR) is 81.0 cm³/mol. The fourth-order valence-corrected chi connectivity index (χ4v) is 2.68. The van der Waals surface area contributed by atoms with Crippen LogP contribution < -0.4 is 9.80 Å². The maximum absolute atomic E-state index is 13.4. The lowest BCUT2D eigenvalue weighted by atomic mass is 10.1. The van der Waals surface area contributed by atoms with Crippen molar-refractivity contribution in [3.8, 4) is 0 Å². The number of nitrogens with zero attached hydrogens (tertiary/aromatic N) is 2. The van der Waals surface area contributed by atoms with E-state index in [9.17, 15) is 9.18 Å². The van der Waals surface area contributed by atoms with Gasteiger partial charge < -0.3 is 9.80 Å². The van der Waals surface area contributed by atoms with Gasteiger partial charge in [-0.05, 0) is 36.4 Å². The lowest BCUT2D eigenvalue weighted by Gasteiger charge is -2.35. The van der Waals surface area contributed by atoms with Crippen LogP contribution in [-0.2, 0) is 4.79 Å². The first-order chi connectivity index (χ1) is 9.56. The standard InChI is InChI=1S/C15H12BrFN2O/c1-18-13-6-5-10(16)7-14(13)19(9-15(18)20)12-4-2-3-11(17)8-12/h2-8H,9H2,1H3. The molecular formula is C15H12BrFN2O. The zero-order valence-corrected chi connectivity index (χ0v) is 12.4. The predicted octanol–water partition coefficient (Wildman–Crippen LogP) is 3.70. The van der Waals surface area contributed by atoms with Crippen molar-refractivity contribution in [3.05, 3.63) is 52.8 Å². The molecule has 0 saturated carbocycles. The minimum Gasteiger partial charge on any atom is -0.330 e. The van der Waals surface area contributed by atoms with Gasteiger partial charge in [-0.1, -0.05) is 22.0 Å². The number of amides is 1. The van der Waals surface area contributed by atoms with Crippen molar-refractivity contribution in [2.75, 3.05) is 23.4 Å². The number of carbonyl (C=O) groups excluding carboxylic acids is 1. The van der Waals surface area contributed by atoms with E-state index in [1.165, 1.54) is 12.1 Å². The Morgan fingerprint density at radius 2 is 1.95 bits per heavy atom. The fraction of sp³-hybridized carbons (Fsp3) is 0.133. The summed E-state index contributed by atoms with van der Waals surface area (Å²) in [4.78, 5) is 15.5. The summed E-state index contributed by atoms with van der Waals surface area (Å²) in [6.07, 6.45) is 0. The van der Waals surface area contributed by atoms with Gasteiger partial charge in [0, 0.05) is 17.2 Å². The van der Waals surface area contributed by atoms with E-state index >= 15 is 0 Å². The van der Waals surface area contributed by atoms with Crippen LogP contribution >= 0.6 is 15.9 Å². The molecule has 20 heavy (non-hydrogen) atoms. The molecule has 3 nitrogen and oxygen atoms in total. The molecular weight excluding hydrogens is 323 g/mol. The Hall–Kier alpha value is -1.88. The van der Waals surface area contributed by atoms with Crippen molar-refractivity contribution in [2.24, 2.45) is 0 Å². The molecule has 0 aliphatic carbocycles. The van der Waals surface area contributed by atoms with Gasteiger partial charge in [-0.2, -0.15) is 0 Å². The second-order valence-corrected chi connectivity index (χ2v) is 5.57. The Kier molecular flexibility index (Phi) is 3.22. The number of fused-ring (bicyclic) bond motifs is 1. The number of rotatable bonds is 1. The van der Waals surface area contributed by atoms with E-state index in [2.05, 4.69) is 15.9 Å². The second-order valence-electron chi connectivity index (χ2n) is 4.65. The van der Waals surface area contributed by atoms with Crippen molar-refractivity contribution in [2.45, 2.75) is 0 Å². The van der Waals surface area contributed by atoms with Crippen molar-refractivity contribution in [3.63, 3.8) is 0 Å². The number of hydrogen-bond acceptors (Lipinski definition) is 2. The normalized spacial score (nSPS) is 14.4. The monoisotopic (exact) mass is 334 g/mol. The molecule has 3 rings (SSSR count). The van der Waals surface area contributed by atoms with Gasteiger partial charge in [-0.3, -0.25) is 4.79 Å². The molecule has 0 saturated heterocycles. The smallest absolute Gasteiger partial charge is 0.246 e. The van der Waals surface area contributed by atoms with E-state index in [0.29, 0.717) is 5.69 Å². The summed E-state index contributed by atoms with van der Waals surface area (Å²) in [5, 5.41) is 0. The average Bonchev–Trinajstić information content (AvgIpc) is 2.42. The van der Waals surface area contributed by atoms with Gasteiger partial charge in [0.2, 0.25) is 5.91 Å². The van der Waals surface area contributed by atoms with Crippen LogP contribution in [0.15, 0.2) is 46.9 Å². The van der Waals surface area contributed by atoms with Gasteiger partial charge in [0.1, 0.15) is 12.4 Å². The molecule has 1 aliphatic rings. The highest BCUT2D eigenvalue weighted by Gasteiger charge is 2.27. The lowest BCUT2D eigenvalue weighted by molar-refractivity contribution is -0.117. The molecule has 5 heteroatoms. The van der Waals surface area contributed by atoms with Crippen LogP contribution in [0.25, 0.3) is 0 Å². The molecule has 0 N–H and O–H groups in total. The van der Waals surface area contributed by atoms with Crippen LogP contribution in [0, 0.1) is 5.82 Å². The summed E-state index contributed by atoms with van der Waals surface area (Å²) in [6.45, 7) is 0.198. The summed E-state index contributed by atoms with van der Waals surface area (Å²) < 4.78 is 14.3. The van der Waals surface area contributed by atoms with E-state index in [0.717, 1.165) is 15.8 Å². The van der Waals surface area contributed by atoms with E-state index in [1.54, 1.807) is 24.1 Å². The Bertz CT molecular complexity index is 689. The first-order valence-electron chi connectivity index (χ1n) is 6.15. The van der Waals surface area contributed by atoms with Gasteiger partial charge in [0.25, 0.3) is 0 Å². The fourth-order valence-electron chi connectivity index (χ4n) is 2.33. The van der Waals surface area contributed by atoms with E-state index in [1.807, 2.05) is 23.1 Å². The maximum Gasteiger partial charge on any atom is 0.246 e. The van der Waals surface area contributed by atoms with Crippen molar-refractivity contribution < 1.29 is 9.18 Å². The number of halogens is 2. The summed E-state index contributed by atoms with van der Waals surface area (Å²) >= 11 is 3.44. The molecule has 102 valence electrons. The third kappa shape index (κ3) is 2.18. The van der Waals surface area contributed by atoms with E-state index in [-0.39, 0.29) is 18.3 Å². The Balaban J connectivity index is 2.16. The summed E-state index contributed by atoms with van der Waals surface area (Å²) in [6, 6.07) is 12.0. The zero-order valence-electron chi connectivity index (χ0n) is 10.8. The molecule has 0 aromatic heterocycles. The van der Waals surface area contributed by atoms with Gasteiger partial charge >= 0.3 is 0 Å². The van der Waals surface area contributed by atoms with Crippen molar-refractivity contribution >= 4 is 38.9 Å². The summed E-state index contributed by atoms with van der Waals surface area (Å²) in [7, 11) is 1.75. The first kappa shape index (κ1) is 13.1. The molecule has 1 heterocycles. The Morgan fingerprint density at radius 1 is 1.15 bits per heavy atom. The molecule has 0 unspecified atom stereocenters. The van der Waals surface area contributed by atoms with Gasteiger partial charge in [-0.25, -0.2) is 4.39 Å². The number of anilines is 3. The summed E-state index contributed by atoms with van der Waals surface area (Å²) in [5.74, 6) is -0.338. The number of carbonyl (C=O) groups is 1. The topological polar surface area (TPSA) is 23.6 Å². The molecule has 2 aromatic rings. The third-order valence-corrected chi connectivity index (χ3v) is 3.87. The minimum absolute atomic E-state index is 0.0240. The highest BCUT2D eigenvalue weighted by Crippen LogP contribution is 2.39. The van der Waals surface area contributed by atoms with Crippen LogP contribution in [-0.4, -0.2) is 19.5 Å². The van der Waals surface area contributed by atoms with E-state index in [4.69, 9.17) is 0 Å². The largest absolute Gasteiger partial charge is 0.330 e. The van der Waals surface area contributed by atoms with Crippen molar-refractivity contribution in [1.82, 2.24) is 0 Å². The molecule has 1 amide bonds. The number of likely N-dealkylation sites (N-methyl/N-ethyl adjacent to an activating group) is 1. The zero-order chi connectivity index (χ0) is 14.3. The molecule has 2 aromatic carbocycles.